The molecule has 86 valence electrons. The average molecular weight is 309 g/mol. The highest BCUT2D eigenvalue weighted by Crippen LogP contribution is 2.25. The van der Waals surface area contributed by atoms with Gasteiger partial charge in [-0.25, -0.2) is 0 Å². The predicted octanol–water partition coefficient (Wildman–Crippen LogP) is 5.16. The molecule has 2 rings (SSSR count). The van der Waals surface area contributed by atoms with Crippen molar-refractivity contribution >= 4 is 39.4 Å². The van der Waals surface area contributed by atoms with Crippen LogP contribution in [0, 0.1) is 6.92 Å². The maximum absolute atomic E-state index is 6.04. The Morgan fingerprint density at radius 3 is 2.53 bits per heavy atom. The third-order valence-corrected chi connectivity index (χ3v) is 3.40. The van der Waals surface area contributed by atoms with Crippen molar-refractivity contribution in [2.45, 2.75) is 6.92 Å². The lowest BCUT2D eigenvalue weighted by atomic mass is 10.2. The molecule has 0 spiro atoms. The van der Waals surface area contributed by atoms with E-state index in [0.29, 0.717) is 0 Å². The van der Waals surface area contributed by atoms with Crippen LogP contribution < -0.4 is 0 Å². The van der Waals surface area contributed by atoms with Crippen molar-refractivity contribution in [3.63, 3.8) is 0 Å². The fourth-order valence-corrected chi connectivity index (χ4v) is 1.86. The van der Waals surface area contributed by atoms with Gasteiger partial charge in [-0.2, -0.15) is 0 Å². The van der Waals surface area contributed by atoms with E-state index in [0.717, 1.165) is 26.3 Å². The minimum atomic E-state index is 0.746. The molecule has 0 atom stereocenters. The summed E-state index contributed by atoms with van der Waals surface area (Å²) in [6.07, 6.45) is 1.84. The number of nitrogens with zero attached hydrogens (tertiary/aromatic N) is 1. The second-order valence-electron chi connectivity index (χ2n) is 3.69. The molecule has 2 aromatic carbocycles. The summed E-state index contributed by atoms with van der Waals surface area (Å²) in [5.74, 6) is 0. The zero-order chi connectivity index (χ0) is 12.3. The van der Waals surface area contributed by atoms with Crippen LogP contribution in [-0.2, 0) is 0 Å². The molecule has 3 heteroatoms. The zero-order valence-electron chi connectivity index (χ0n) is 9.32. The van der Waals surface area contributed by atoms with Crippen molar-refractivity contribution in [3.05, 3.63) is 63.1 Å². The van der Waals surface area contributed by atoms with Crippen LogP contribution >= 0.6 is 27.5 Å². The molecular formula is C14H11BrClN. The highest BCUT2D eigenvalue weighted by molar-refractivity contribution is 9.10. The van der Waals surface area contributed by atoms with Crippen molar-refractivity contribution in [1.82, 2.24) is 0 Å². The Hall–Kier alpha value is -1.12. The topological polar surface area (TPSA) is 12.4 Å². The number of rotatable bonds is 2. The fourth-order valence-electron chi connectivity index (χ4n) is 1.43. The van der Waals surface area contributed by atoms with Crippen molar-refractivity contribution in [2.75, 3.05) is 0 Å². The summed E-state index contributed by atoms with van der Waals surface area (Å²) in [5, 5.41) is 0.746. The van der Waals surface area contributed by atoms with Gasteiger partial charge in [-0.1, -0.05) is 45.7 Å². The Morgan fingerprint density at radius 2 is 1.82 bits per heavy atom. The monoisotopic (exact) mass is 307 g/mol. The standard InChI is InChI=1S/C14H11BrClN/c1-10-13(16)3-2-4-14(10)17-9-11-5-7-12(15)8-6-11/h2-9H,1H3. The first kappa shape index (κ1) is 12.3. The molecule has 1 nitrogen and oxygen atoms in total. The van der Waals surface area contributed by atoms with Crippen LogP contribution in [-0.4, -0.2) is 6.21 Å². The van der Waals surface area contributed by atoms with Crippen LogP contribution in [0.25, 0.3) is 0 Å². The Kier molecular flexibility index (Phi) is 3.97. The molecule has 0 aliphatic carbocycles. The van der Waals surface area contributed by atoms with E-state index in [9.17, 15) is 0 Å². The maximum atomic E-state index is 6.04. The highest BCUT2D eigenvalue weighted by atomic mass is 79.9. The second kappa shape index (κ2) is 5.48. The molecule has 0 heterocycles. The van der Waals surface area contributed by atoms with Gasteiger partial charge in [0.2, 0.25) is 0 Å². The number of aliphatic imine (C=N–C) groups is 1. The van der Waals surface area contributed by atoms with Crippen molar-refractivity contribution in [1.29, 1.82) is 0 Å². The third-order valence-electron chi connectivity index (χ3n) is 2.46. The summed E-state index contributed by atoms with van der Waals surface area (Å²) < 4.78 is 1.06. The third kappa shape index (κ3) is 3.18. The Balaban J connectivity index is 2.26. The smallest absolute Gasteiger partial charge is 0.0673 e. The molecule has 2 aromatic rings. The van der Waals surface area contributed by atoms with Crippen molar-refractivity contribution in [2.24, 2.45) is 4.99 Å². The minimum Gasteiger partial charge on any atom is -0.256 e. The van der Waals surface area contributed by atoms with Gasteiger partial charge in [-0.3, -0.25) is 4.99 Å². The largest absolute Gasteiger partial charge is 0.256 e. The molecule has 0 saturated carbocycles. The first-order valence-corrected chi connectivity index (χ1v) is 6.38. The van der Waals surface area contributed by atoms with E-state index in [4.69, 9.17) is 11.6 Å². The molecule has 17 heavy (non-hydrogen) atoms. The van der Waals surface area contributed by atoms with Crippen LogP contribution in [0.1, 0.15) is 11.1 Å². The Labute approximate surface area is 114 Å². The van der Waals surface area contributed by atoms with Crippen molar-refractivity contribution in [3.8, 4) is 0 Å². The van der Waals surface area contributed by atoms with Gasteiger partial charge in [0.25, 0.3) is 0 Å². The van der Waals surface area contributed by atoms with E-state index in [1.807, 2.05) is 55.6 Å². The van der Waals surface area contributed by atoms with Gasteiger partial charge >= 0.3 is 0 Å². The van der Waals surface area contributed by atoms with E-state index in [1.54, 1.807) is 0 Å². The van der Waals surface area contributed by atoms with Crippen LogP contribution in [0.3, 0.4) is 0 Å². The Bertz CT molecular complexity index is 547. The zero-order valence-corrected chi connectivity index (χ0v) is 11.7. The van der Waals surface area contributed by atoms with Gasteiger partial charge < -0.3 is 0 Å². The lowest BCUT2D eigenvalue weighted by molar-refractivity contribution is 1.40. The maximum Gasteiger partial charge on any atom is 0.0673 e. The number of hydrogen-bond donors (Lipinski definition) is 0. The second-order valence-corrected chi connectivity index (χ2v) is 5.02. The summed E-state index contributed by atoms with van der Waals surface area (Å²) in [5.41, 5.74) is 2.97. The van der Waals surface area contributed by atoms with Gasteiger partial charge in [0.05, 0.1) is 5.69 Å². The van der Waals surface area contributed by atoms with Gasteiger partial charge in [-0.15, -0.1) is 0 Å². The Morgan fingerprint density at radius 1 is 1.12 bits per heavy atom. The summed E-state index contributed by atoms with van der Waals surface area (Å²) in [6.45, 7) is 1.97. The van der Waals surface area contributed by atoms with Crippen LogP contribution in [0.4, 0.5) is 5.69 Å². The quantitative estimate of drug-likeness (QED) is 0.679. The molecule has 0 bridgehead atoms. The predicted molar refractivity (Wildman–Crippen MR) is 77.6 cm³/mol. The minimum absolute atomic E-state index is 0.746. The molecule has 0 aliphatic rings. The average Bonchev–Trinajstić information content (AvgIpc) is 2.33. The summed E-state index contributed by atoms with van der Waals surface area (Å²) >= 11 is 9.44. The molecule has 0 aromatic heterocycles. The molecule has 0 saturated heterocycles. The lowest BCUT2D eigenvalue weighted by Crippen LogP contribution is -1.81. The van der Waals surface area contributed by atoms with Gasteiger partial charge in [-0.05, 0) is 42.3 Å². The fraction of sp³-hybridized carbons (Fsp3) is 0.0714. The lowest BCUT2D eigenvalue weighted by Gasteiger charge is -2.01. The highest BCUT2D eigenvalue weighted by Gasteiger charge is 1.99. The first-order valence-electron chi connectivity index (χ1n) is 5.21. The first-order chi connectivity index (χ1) is 8.16. The number of benzene rings is 2. The number of halogens is 2. The van der Waals surface area contributed by atoms with E-state index in [-0.39, 0.29) is 0 Å². The molecule has 0 unspecified atom stereocenters. The van der Waals surface area contributed by atoms with Crippen molar-refractivity contribution < 1.29 is 0 Å². The summed E-state index contributed by atoms with van der Waals surface area (Å²) in [6, 6.07) is 13.7. The van der Waals surface area contributed by atoms with E-state index >= 15 is 0 Å². The van der Waals surface area contributed by atoms with E-state index in [2.05, 4.69) is 20.9 Å². The van der Waals surface area contributed by atoms with E-state index < -0.39 is 0 Å². The molecule has 0 fully saturated rings. The summed E-state index contributed by atoms with van der Waals surface area (Å²) in [7, 11) is 0. The van der Waals surface area contributed by atoms with Gasteiger partial charge in [0.15, 0.2) is 0 Å². The molecule has 0 aliphatic heterocycles. The van der Waals surface area contributed by atoms with Gasteiger partial charge in [0, 0.05) is 15.7 Å². The molecule has 0 amide bonds. The molecular weight excluding hydrogens is 298 g/mol. The molecule has 0 radical (unpaired) electrons. The number of hydrogen-bond acceptors (Lipinski definition) is 1. The van der Waals surface area contributed by atoms with Crippen LogP contribution in [0.2, 0.25) is 5.02 Å². The summed E-state index contributed by atoms with van der Waals surface area (Å²) in [4.78, 5) is 4.44. The van der Waals surface area contributed by atoms with Crippen LogP contribution in [0.5, 0.6) is 0 Å². The van der Waals surface area contributed by atoms with E-state index in [1.165, 1.54) is 0 Å². The SMILES string of the molecule is Cc1c(Cl)cccc1N=Cc1ccc(Br)cc1. The normalized spacial score (nSPS) is 11.0. The molecule has 0 N–H and O–H groups in total. The van der Waals surface area contributed by atoms with Crippen LogP contribution in [0.15, 0.2) is 51.9 Å². The van der Waals surface area contributed by atoms with Gasteiger partial charge in [0.1, 0.15) is 0 Å².